The topological polar surface area (TPSA) is 67.4 Å². The highest BCUT2D eigenvalue weighted by Crippen LogP contribution is 2.17. The van der Waals surface area contributed by atoms with Crippen molar-refractivity contribution in [2.75, 3.05) is 24.4 Å². The zero-order valence-corrected chi connectivity index (χ0v) is 16.8. The van der Waals surface area contributed by atoms with Crippen LogP contribution in [0.2, 0.25) is 0 Å². The summed E-state index contributed by atoms with van der Waals surface area (Å²) in [4.78, 5) is 23.8. The molecule has 0 fully saturated rings. The van der Waals surface area contributed by atoms with Gasteiger partial charge in [-0.25, -0.2) is 13.2 Å². The van der Waals surface area contributed by atoms with Gasteiger partial charge in [-0.3, -0.25) is 9.59 Å². The van der Waals surface area contributed by atoms with Gasteiger partial charge in [-0.2, -0.15) is 18.1 Å². The number of hydrogen-bond acceptors (Lipinski definition) is 3. The van der Waals surface area contributed by atoms with Gasteiger partial charge in [0.25, 0.3) is 0 Å². The predicted octanol–water partition coefficient (Wildman–Crippen LogP) is 8.01. The van der Waals surface area contributed by atoms with Gasteiger partial charge in [-0.1, -0.05) is 21.8 Å². The number of hydrogen-bond donors (Lipinski definition) is 2. The third kappa shape index (κ3) is 63.0. The number of rotatable bonds is 3. The van der Waals surface area contributed by atoms with Crippen LogP contribution in [0.1, 0.15) is 42.0 Å². The molecule has 0 aliphatic carbocycles. The van der Waals surface area contributed by atoms with Gasteiger partial charge in [0.05, 0.1) is 0 Å². The molecule has 0 bridgehead atoms. The molecule has 0 saturated carbocycles. The maximum Gasteiger partial charge on any atom is 0.559 e. The molecule has 0 spiro atoms. The third-order valence-corrected chi connectivity index (χ3v) is 1.97. The summed E-state index contributed by atoms with van der Waals surface area (Å²) in [5, 5.41) is 5.27. The zero-order chi connectivity index (χ0) is 26.4. The van der Waals surface area contributed by atoms with Crippen LogP contribution in [-0.4, -0.2) is 38.2 Å². The number of halogens is 11. The molecule has 34 heavy (non-hydrogen) atoms. The maximum absolute atomic E-state index is 10.8. The first kappa shape index (κ1) is 44.9. The second kappa shape index (κ2) is 26.6. The quantitative estimate of drug-likeness (QED) is 0.389. The number of alkyl halides is 10. The fourth-order valence-electron chi connectivity index (χ4n) is 1.04. The molecule has 5 nitrogen and oxygen atoms in total. The molecule has 0 aliphatic rings. The van der Waals surface area contributed by atoms with E-state index in [0.717, 1.165) is 6.92 Å². The minimum atomic E-state index is -5.50. The van der Waals surface area contributed by atoms with Crippen molar-refractivity contribution < 1.29 is 63.0 Å². The molecule has 0 atom stereocenters. The first-order valence-electron chi connectivity index (χ1n) is 7.86. The fraction of sp³-hybridized carbons (Fsp3) is 0.556. The number of carbonyl (C=O) groups is 2. The average molecular weight is 530 g/mol. The summed E-state index contributed by atoms with van der Waals surface area (Å²) < 4.78 is 110. The number of amides is 2. The second-order valence-electron chi connectivity index (χ2n) is 4.66. The van der Waals surface area contributed by atoms with Crippen LogP contribution in [0.5, 0.6) is 0 Å². The Hall–Kier alpha value is -2.65. The second-order valence-corrected chi connectivity index (χ2v) is 4.66. The first-order valence-corrected chi connectivity index (χ1v) is 7.86. The van der Waals surface area contributed by atoms with Crippen molar-refractivity contribution in [3.8, 4) is 0 Å². The molecule has 2 amide bonds. The molecular formula is C18H29F11N2O3. The van der Waals surface area contributed by atoms with Crippen LogP contribution in [0.25, 0.3) is 0 Å². The summed E-state index contributed by atoms with van der Waals surface area (Å²) in [5.41, 5.74) is 1.43. The van der Waals surface area contributed by atoms with Crippen LogP contribution in [0.3, 0.4) is 0 Å². The molecule has 0 heterocycles. The van der Waals surface area contributed by atoms with E-state index in [9.17, 15) is 58.0 Å². The molecule has 0 saturated heterocycles. The van der Waals surface area contributed by atoms with Gasteiger partial charge < -0.3 is 10.6 Å². The van der Waals surface area contributed by atoms with Gasteiger partial charge in [0.2, 0.25) is 25.6 Å². The standard InChI is InChI=1S/C10H12N2O2.C3H5F3.CF4.CH2F2O.CH2F2.2CH4/c1-7(13)11-9-3-5-10(6-4-9)12-8(2)14;1-2-3(4,5)6;2-1(3,4)5;2-1-4-3;2-1-3;;/h3-6H,1-2H3,(H,11,13)(H,12,14);2H2,1H3;;1H2;1H2;2*1H4. The number of nitrogens with one attached hydrogen (secondary N) is 2. The van der Waals surface area contributed by atoms with Crippen LogP contribution in [-0.2, 0) is 14.5 Å². The van der Waals surface area contributed by atoms with Gasteiger partial charge in [0.15, 0.2) is 0 Å². The van der Waals surface area contributed by atoms with Crippen molar-refractivity contribution in [3.05, 3.63) is 24.3 Å². The summed E-state index contributed by atoms with van der Waals surface area (Å²) in [6.07, 6.45) is -10.2. The van der Waals surface area contributed by atoms with Crippen LogP contribution in [0.15, 0.2) is 24.3 Å². The lowest BCUT2D eigenvalue weighted by atomic mass is 10.3. The molecule has 206 valence electrons. The largest absolute Gasteiger partial charge is 0.559 e. The molecule has 0 radical (unpaired) electrons. The van der Waals surface area contributed by atoms with Crippen molar-refractivity contribution in [2.24, 2.45) is 0 Å². The van der Waals surface area contributed by atoms with Crippen LogP contribution in [0, 0.1) is 0 Å². The smallest absolute Gasteiger partial charge is 0.326 e. The molecule has 1 rings (SSSR count). The van der Waals surface area contributed by atoms with Gasteiger partial charge in [0.1, 0.15) is 0 Å². The van der Waals surface area contributed by atoms with Crippen LogP contribution < -0.4 is 10.6 Å². The molecule has 16 heteroatoms. The Morgan fingerprint density at radius 2 is 0.971 bits per heavy atom. The Morgan fingerprint density at radius 3 is 1.06 bits per heavy atom. The normalized spacial score (nSPS) is 9.12. The SMILES string of the molecule is C.C.CC(=O)Nc1ccc(NC(C)=O)cc1.CCC(F)(F)F.FC(F)(F)F.FCF.FCOF. The molecule has 0 aromatic heterocycles. The van der Waals surface area contributed by atoms with E-state index >= 15 is 0 Å². The summed E-state index contributed by atoms with van der Waals surface area (Å²) in [5.74, 6) is -0.227. The molecule has 2 N–H and O–H groups in total. The van der Waals surface area contributed by atoms with Gasteiger partial charge >= 0.3 is 12.6 Å². The Kier molecular flexibility index (Phi) is 35.2. The van der Waals surface area contributed by atoms with Crippen molar-refractivity contribution in [1.29, 1.82) is 0 Å². The highest BCUT2D eigenvalue weighted by molar-refractivity contribution is 5.90. The third-order valence-electron chi connectivity index (χ3n) is 1.97. The summed E-state index contributed by atoms with van der Waals surface area (Å²) in [6, 6.07) is 6.92. The van der Waals surface area contributed by atoms with E-state index in [0.29, 0.717) is 11.4 Å². The number of carbonyl (C=O) groups excluding carboxylic acids is 2. The van der Waals surface area contributed by atoms with E-state index < -0.39 is 32.8 Å². The summed E-state index contributed by atoms with van der Waals surface area (Å²) >= 11 is 0. The minimum Gasteiger partial charge on any atom is -0.326 e. The molecular weight excluding hydrogens is 501 g/mol. The number of anilines is 2. The molecule has 1 aromatic rings. The van der Waals surface area contributed by atoms with Gasteiger partial charge in [-0.05, 0) is 28.8 Å². The van der Waals surface area contributed by atoms with Crippen LogP contribution >= 0.6 is 0 Å². The van der Waals surface area contributed by atoms with E-state index in [2.05, 4.69) is 15.6 Å². The molecule has 0 aliphatic heterocycles. The lowest BCUT2D eigenvalue weighted by Crippen LogP contribution is -2.07. The summed E-state index contributed by atoms with van der Waals surface area (Å²) in [7, 11) is 0. The Balaban J connectivity index is -0.0000000827. The molecule has 0 unspecified atom stereocenters. The summed E-state index contributed by atoms with van der Waals surface area (Å²) in [6.45, 7) is 0.878. The predicted molar refractivity (Wildman–Crippen MR) is 107 cm³/mol. The van der Waals surface area contributed by atoms with Gasteiger partial charge in [0, 0.05) is 31.6 Å². The van der Waals surface area contributed by atoms with E-state index in [1.54, 1.807) is 24.3 Å². The van der Waals surface area contributed by atoms with Crippen molar-refractivity contribution in [3.63, 3.8) is 0 Å². The fourth-order valence-corrected chi connectivity index (χ4v) is 1.04. The highest BCUT2D eigenvalue weighted by Gasteiger charge is 2.24. The lowest BCUT2D eigenvalue weighted by Gasteiger charge is -2.04. The highest BCUT2D eigenvalue weighted by atomic mass is 19.5. The lowest BCUT2D eigenvalue weighted by molar-refractivity contribution is -0.237. The van der Waals surface area contributed by atoms with E-state index in [1.165, 1.54) is 13.8 Å². The van der Waals surface area contributed by atoms with Crippen LogP contribution in [0.4, 0.5) is 59.8 Å². The van der Waals surface area contributed by atoms with Crippen molar-refractivity contribution >= 4 is 23.2 Å². The maximum atomic E-state index is 10.8. The number of benzene rings is 1. The zero-order valence-electron chi connectivity index (χ0n) is 16.8. The van der Waals surface area contributed by atoms with E-state index in [-0.39, 0.29) is 26.7 Å². The first-order chi connectivity index (χ1) is 14.5. The Bertz CT molecular complexity index is 539. The van der Waals surface area contributed by atoms with E-state index in [4.69, 9.17) is 0 Å². The average Bonchev–Trinajstić information content (AvgIpc) is 2.62. The van der Waals surface area contributed by atoms with E-state index in [1.807, 2.05) is 0 Å². The van der Waals surface area contributed by atoms with Crippen molar-refractivity contribution in [1.82, 2.24) is 0 Å². The van der Waals surface area contributed by atoms with Gasteiger partial charge in [-0.15, -0.1) is 17.6 Å². The molecule has 1 aromatic carbocycles. The Labute approximate surface area is 190 Å². The van der Waals surface area contributed by atoms with Crippen molar-refractivity contribution in [2.45, 2.75) is 54.7 Å². The monoisotopic (exact) mass is 530 g/mol. The Morgan fingerprint density at radius 1 is 0.794 bits per heavy atom. The minimum absolute atomic E-state index is 0.